The Labute approximate surface area is 241 Å². The molecule has 4 rings (SSSR count). The quantitative estimate of drug-likeness (QED) is 0.156. The third-order valence-corrected chi connectivity index (χ3v) is 6.57. The second-order valence-electron chi connectivity index (χ2n) is 9.20. The average Bonchev–Trinajstić information content (AvgIpc) is 3.22. The molecule has 0 spiro atoms. The molecule has 0 aliphatic rings. The maximum absolute atomic E-state index is 13.5. The minimum atomic E-state index is -0.0863. The number of amides is 1. The second kappa shape index (κ2) is 14.3. The lowest BCUT2D eigenvalue weighted by atomic mass is 10.1. The first kappa shape index (κ1) is 31.3. The van der Waals surface area contributed by atoms with Crippen LogP contribution in [0.3, 0.4) is 0 Å². The van der Waals surface area contributed by atoms with Gasteiger partial charge in [0.2, 0.25) is 0 Å². The molecule has 39 heavy (non-hydrogen) atoms. The summed E-state index contributed by atoms with van der Waals surface area (Å²) in [4.78, 5) is 20.1. The van der Waals surface area contributed by atoms with Gasteiger partial charge >= 0.3 is 0 Å². The summed E-state index contributed by atoms with van der Waals surface area (Å²) in [5.41, 5.74) is 16.5. The SMILES string of the molecule is Cl.Cl.Cn1c(CCc2ccc(C(=N)N)cc2)nc2cc(C(=O)N(CCC(=N)N)CCc3ccccc3)ccc21. The monoisotopic (exact) mass is 567 g/mol. The molecule has 6 N–H and O–H groups in total. The van der Waals surface area contributed by atoms with Gasteiger partial charge in [0.1, 0.15) is 11.7 Å². The Morgan fingerprint density at radius 3 is 2.13 bits per heavy atom. The van der Waals surface area contributed by atoms with E-state index in [-0.39, 0.29) is 42.4 Å². The summed E-state index contributed by atoms with van der Waals surface area (Å²) in [6.45, 7) is 0.943. The van der Waals surface area contributed by atoms with Crippen molar-refractivity contribution < 1.29 is 4.79 Å². The number of carbonyl (C=O) groups is 1. The standard InChI is InChI=1S/C29H33N7O.2ClH/c1-35-25-13-12-23(29(37)36(18-16-26(30)31)17-15-20-5-3-2-4-6-20)19-24(25)34-27(35)14-9-21-7-10-22(11-8-21)28(32)33;;/h2-8,10-13,19H,9,14-18H2,1H3,(H3,30,31)(H3,32,33);2*1H. The molecule has 0 saturated carbocycles. The number of nitrogen functional groups attached to an aromatic ring is 1. The molecular weight excluding hydrogens is 533 g/mol. The van der Waals surface area contributed by atoms with Crippen LogP contribution in [0.5, 0.6) is 0 Å². The van der Waals surface area contributed by atoms with Crippen LogP contribution in [0, 0.1) is 10.8 Å². The number of fused-ring (bicyclic) bond motifs is 1. The minimum absolute atomic E-state index is 0. The topological polar surface area (TPSA) is 138 Å². The number of imidazole rings is 1. The maximum atomic E-state index is 13.5. The Morgan fingerprint density at radius 2 is 1.49 bits per heavy atom. The van der Waals surface area contributed by atoms with E-state index < -0.39 is 0 Å². The predicted octanol–water partition coefficient (Wildman–Crippen LogP) is 4.50. The number of benzene rings is 3. The molecule has 1 aromatic heterocycles. The molecule has 0 unspecified atom stereocenters. The number of nitrogens with zero attached hydrogens (tertiary/aromatic N) is 3. The highest BCUT2D eigenvalue weighted by atomic mass is 35.5. The molecule has 1 heterocycles. The van der Waals surface area contributed by atoms with Gasteiger partial charge in [-0.25, -0.2) is 4.98 Å². The van der Waals surface area contributed by atoms with Gasteiger partial charge in [-0.15, -0.1) is 24.8 Å². The first-order valence-corrected chi connectivity index (χ1v) is 12.4. The zero-order valence-electron chi connectivity index (χ0n) is 21.9. The van der Waals surface area contributed by atoms with E-state index in [0.29, 0.717) is 30.6 Å². The van der Waals surface area contributed by atoms with E-state index in [0.717, 1.165) is 47.2 Å². The van der Waals surface area contributed by atoms with Crippen LogP contribution in [0.15, 0.2) is 72.8 Å². The fourth-order valence-corrected chi connectivity index (χ4v) is 4.38. The van der Waals surface area contributed by atoms with Gasteiger partial charge in [-0.05, 0) is 42.2 Å². The highest BCUT2D eigenvalue weighted by Gasteiger charge is 2.18. The van der Waals surface area contributed by atoms with E-state index in [1.54, 1.807) is 4.90 Å². The van der Waals surface area contributed by atoms with E-state index in [2.05, 4.69) is 4.57 Å². The molecule has 0 saturated heterocycles. The number of nitrogens with one attached hydrogen (secondary N) is 2. The number of halogens is 2. The first-order valence-electron chi connectivity index (χ1n) is 12.4. The summed E-state index contributed by atoms with van der Waals surface area (Å²) in [6.07, 6.45) is 2.62. The molecule has 0 atom stereocenters. The highest BCUT2D eigenvalue weighted by Crippen LogP contribution is 2.20. The summed E-state index contributed by atoms with van der Waals surface area (Å²) < 4.78 is 2.07. The molecular formula is C29H35Cl2N7O. The highest BCUT2D eigenvalue weighted by molar-refractivity contribution is 5.98. The molecule has 1 amide bonds. The Morgan fingerprint density at radius 1 is 0.846 bits per heavy atom. The van der Waals surface area contributed by atoms with Crippen molar-refractivity contribution in [1.29, 1.82) is 10.8 Å². The van der Waals surface area contributed by atoms with E-state index in [1.807, 2.05) is 79.8 Å². The van der Waals surface area contributed by atoms with Gasteiger partial charge in [0.15, 0.2) is 0 Å². The Kier molecular flexibility index (Phi) is 11.5. The third kappa shape index (κ3) is 8.05. The molecule has 4 aromatic rings. The van der Waals surface area contributed by atoms with Crippen molar-refractivity contribution in [3.8, 4) is 0 Å². The lowest BCUT2D eigenvalue weighted by Crippen LogP contribution is -2.35. The number of nitrogens with two attached hydrogens (primary N) is 2. The lowest BCUT2D eigenvalue weighted by molar-refractivity contribution is 0.0762. The largest absolute Gasteiger partial charge is 0.388 e. The number of hydrogen-bond acceptors (Lipinski definition) is 4. The maximum Gasteiger partial charge on any atom is 0.253 e. The van der Waals surface area contributed by atoms with Gasteiger partial charge in [-0.3, -0.25) is 15.6 Å². The average molecular weight is 569 g/mol. The van der Waals surface area contributed by atoms with Gasteiger partial charge in [0.25, 0.3) is 5.91 Å². The molecule has 0 aliphatic heterocycles. The molecule has 0 fully saturated rings. The number of aromatic nitrogens is 2. The van der Waals surface area contributed by atoms with Crippen LogP contribution in [-0.2, 0) is 26.3 Å². The predicted molar refractivity (Wildman–Crippen MR) is 163 cm³/mol. The van der Waals surface area contributed by atoms with Gasteiger partial charge in [0.05, 0.1) is 16.9 Å². The van der Waals surface area contributed by atoms with Gasteiger partial charge in [0, 0.05) is 44.1 Å². The fourth-order valence-electron chi connectivity index (χ4n) is 4.38. The lowest BCUT2D eigenvalue weighted by Gasteiger charge is -2.23. The van der Waals surface area contributed by atoms with Crippen LogP contribution >= 0.6 is 24.8 Å². The summed E-state index contributed by atoms with van der Waals surface area (Å²) in [5.74, 6) is 0.982. The zero-order valence-corrected chi connectivity index (χ0v) is 23.5. The van der Waals surface area contributed by atoms with Crippen molar-refractivity contribution in [2.45, 2.75) is 25.7 Å². The molecule has 0 radical (unpaired) electrons. The number of hydrogen-bond donors (Lipinski definition) is 4. The Bertz CT molecular complexity index is 1420. The molecule has 206 valence electrons. The molecule has 8 nitrogen and oxygen atoms in total. The number of aryl methyl sites for hydroxylation is 3. The third-order valence-electron chi connectivity index (χ3n) is 6.57. The van der Waals surface area contributed by atoms with Gasteiger partial charge in [-0.2, -0.15) is 0 Å². The van der Waals surface area contributed by atoms with Crippen LogP contribution in [0.25, 0.3) is 11.0 Å². The van der Waals surface area contributed by atoms with Crippen LogP contribution in [0.1, 0.15) is 39.3 Å². The van der Waals surface area contributed by atoms with E-state index in [4.69, 9.17) is 27.3 Å². The molecule has 3 aromatic carbocycles. The van der Waals surface area contributed by atoms with Crippen molar-refractivity contribution >= 4 is 53.4 Å². The van der Waals surface area contributed by atoms with Crippen LogP contribution in [-0.4, -0.2) is 45.1 Å². The van der Waals surface area contributed by atoms with Crippen molar-refractivity contribution in [2.24, 2.45) is 18.5 Å². The van der Waals surface area contributed by atoms with Crippen LogP contribution < -0.4 is 11.5 Å². The van der Waals surface area contributed by atoms with E-state index in [9.17, 15) is 4.79 Å². The van der Waals surface area contributed by atoms with E-state index >= 15 is 0 Å². The molecule has 0 bridgehead atoms. The van der Waals surface area contributed by atoms with Gasteiger partial charge < -0.3 is 20.9 Å². The Hall–Kier alpha value is -3.88. The first-order chi connectivity index (χ1) is 17.8. The van der Waals surface area contributed by atoms with Crippen molar-refractivity contribution in [2.75, 3.05) is 13.1 Å². The second-order valence-corrected chi connectivity index (χ2v) is 9.20. The normalized spacial score (nSPS) is 10.4. The number of rotatable bonds is 11. The van der Waals surface area contributed by atoms with Crippen molar-refractivity contribution in [3.63, 3.8) is 0 Å². The van der Waals surface area contributed by atoms with E-state index in [1.165, 1.54) is 0 Å². The smallest absolute Gasteiger partial charge is 0.253 e. The molecule has 0 aliphatic carbocycles. The van der Waals surface area contributed by atoms with Crippen LogP contribution in [0.4, 0.5) is 0 Å². The Balaban J connectivity index is 0.00000267. The number of amidine groups is 2. The van der Waals surface area contributed by atoms with Crippen LogP contribution in [0.2, 0.25) is 0 Å². The molecule has 10 heteroatoms. The summed E-state index contributed by atoms with van der Waals surface area (Å²) in [6, 6.07) is 23.4. The summed E-state index contributed by atoms with van der Waals surface area (Å²) in [5, 5.41) is 15.1. The minimum Gasteiger partial charge on any atom is -0.388 e. The summed E-state index contributed by atoms with van der Waals surface area (Å²) >= 11 is 0. The fraction of sp³-hybridized carbons (Fsp3) is 0.241. The van der Waals surface area contributed by atoms with Gasteiger partial charge in [-0.1, -0.05) is 54.6 Å². The summed E-state index contributed by atoms with van der Waals surface area (Å²) in [7, 11) is 1.99. The number of carbonyl (C=O) groups excluding carboxylic acids is 1. The van der Waals surface area contributed by atoms with Crippen molar-refractivity contribution in [3.05, 3.63) is 101 Å². The van der Waals surface area contributed by atoms with Crippen molar-refractivity contribution in [1.82, 2.24) is 14.5 Å². The zero-order chi connectivity index (χ0) is 26.4.